The van der Waals surface area contributed by atoms with E-state index < -0.39 is 0 Å². The molecule has 0 radical (unpaired) electrons. The first kappa shape index (κ1) is 9.30. The average Bonchev–Trinajstić information content (AvgIpc) is 2.48. The molecule has 0 spiro atoms. The maximum absolute atomic E-state index is 8.05. The van der Waals surface area contributed by atoms with Gasteiger partial charge in [-0.25, -0.2) is 4.98 Å². The molecular weight excluding hydrogens is 190 g/mol. The molecule has 0 aliphatic heterocycles. The zero-order chi connectivity index (χ0) is 9.68. The fraction of sp³-hybridized carbons (Fsp3) is 0.200. The summed E-state index contributed by atoms with van der Waals surface area (Å²) >= 11 is 1.29. The van der Waals surface area contributed by atoms with Crippen molar-refractivity contribution in [2.75, 3.05) is 0 Å². The van der Waals surface area contributed by atoms with Gasteiger partial charge >= 0.3 is 0 Å². The topological polar surface area (TPSA) is 126 Å². The average molecular weight is 197 g/mol. The van der Waals surface area contributed by atoms with E-state index in [0.29, 0.717) is 10.8 Å². The number of aliphatic imine (C=N–C) groups is 1. The largest absolute Gasteiger partial charge is 0.370 e. The number of nitrogens with zero attached hydrogens (tertiary/aromatic N) is 5. The van der Waals surface area contributed by atoms with Gasteiger partial charge in [0.15, 0.2) is 5.96 Å². The highest BCUT2D eigenvalue weighted by molar-refractivity contribution is 7.13. The molecule has 0 aromatic carbocycles. The van der Waals surface area contributed by atoms with Crippen molar-refractivity contribution in [1.29, 1.82) is 0 Å². The molecule has 1 aromatic rings. The molecule has 68 valence electrons. The Balaban J connectivity index is 2.74. The Morgan fingerprint density at radius 3 is 3.08 bits per heavy atom. The smallest absolute Gasteiger partial charge is 0.212 e. The fourth-order valence-electron chi connectivity index (χ4n) is 0.635. The van der Waals surface area contributed by atoms with Crippen LogP contribution in [0.15, 0.2) is 15.5 Å². The van der Waals surface area contributed by atoms with E-state index in [-0.39, 0.29) is 12.5 Å². The normalized spacial score (nSPS) is 8.92. The summed E-state index contributed by atoms with van der Waals surface area (Å²) in [5.74, 6) is -0.0373. The van der Waals surface area contributed by atoms with Crippen molar-refractivity contribution in [1.82, 2.24) is 4.98 Å². The van der Waals surface area contributed by atoms with E-state index in [1.54, 1.807) is 5.38 Å². The molecule has 13 heavy (non-hydrogen) atoms. The number of aromatic nitrogens is 1. The molecule has 0 aliphatic rings. The van der Waals surface area contributed by atoms with Crippen molar-refractivity contribution >= 4 is 22.4 Å². The Labute approximate surface area is 77.7 Å². The lowest BCUT2D eigenvalue weighted by Crippen LogP contribution is -2.21. The molecule has 4 N–H and O–H groups in total. The summed E-state index contributed by atoms with van der Waals surface area (Å²) < 4.78 is 0. The standard InChI is InChI=1S/C5H7N7S/c6-4(7)11-5-10-3(2-13-5)1-9-12-8/h2H,1H2,(H4,6,7,10,11). The number of rotatable bonds is 3. The van der Waals surface area contributed by atoms with Gasteiger partial charge in [-0.2, -0.15) is 4.99 Å². The third-order valence-corrected chi connectivity index (χ3v) is 1.84. The molecule has 0 fully saturated rings. The zero-order valence-corrected chi connectivity index (χ0v) is 7.40. The van der Waals surface area contributed by atoms with Crippen LogP contribution >= 0.6 is 11.3 Å². The maximum atomic E-state index is 8.05. The summed E-state index contributed by atoms with van der Waals surface area (Å²) in [6.07, 6.45) is 0. The third kappa shape index (κ3) is 2.97. The van der Waals surface area contributed by atoms with Crippen LogP contribution in [0.2, 0.25) is 0 Å². The Kier molecular flexibility index (Phi) is 3.07. The van der Waals surface area contributed by atoms with Crippen molar-refractivity contribution < 1.29 is 0 Å². The van der Waals surface area contributed by atoms with Crippen LogP contribution < -0.4 is 11.5 Å². The quantitative estimate of drug-likeness (QED) is 0.245. The number of hydrogen-bond acceptors (Lipinski definition) is 4. The first-order chi connectivity index (χ1) is 6.22. The Morgan fingerprint density at radius 1 is 1.69 bits per heavy atom. The minimum atomic E-state index is -0.0373. The van der Waals surface area contributed by atoms with Gasteiger partial charge in [0.1, 0.15) is 0 Å². The molecular formula is C5H7N7S. The summed E-state index contributed by atoms with van der Waals surface area (Å²) in [6, 6.07) is 0. The molecule has 0 bridgehead atoms. The van der Waals surface area contributed by atoms with Crippen LogP contribution in [0.1, 0.15) is 5.69 Å². The molecule has 0 saturated carbocycles. The van der Waals surface area contributed by atoms with Crippen LogP contribution in [0.4, 0.5) is 5.13 Å². The molecule has 8 heteroatoms. The molecule has 0 atom stereocenters. The SMILES string of the molecule is [N-]=[N+]=NCc1csc(N=C(N)N)n1. The number of guanidine groups is 1. The van der Waals surface area contributed by atoms with Gasteiger partial charge in [0, 0.05) is 10.3 Å². The van der Waals surface area contributed by atoms with Gasteiger partial charge in [-0.05, 0) is 5.53 Å². The first-order valence-corrected chi connectivity index (χ1v) is 4.15. The summed E-state index contributed by atoms with van der Waals surface area (Å²) in [5.41, 5.74) is 19.0. The van der Waals surface area contributed by atoms with E-state index >= 15 is 0 Å². The first-order valence-electron chi connectivity index (χ1n) is 3.27. The Hall–Kier alpha value is -1.79. The minimum Gasteiger partial charge on any atom is -0.370 e. The molecule has 1 rings (SSSR count). The lowest BCUT2D eigenvalue weighted by molar-refractivity contribution is 0.993. The van der Waals surface area contributed by atoms with E-state index in [1.807, 2.05) is 0 Å². The van der Waals surface area contributed by atoms with E-state index in [1.165, 1.54) is 11.3 Å². The van der Waals surface area contributed by atoms with Gasteiger partial charge in [-0.3, -0.25) is 0 Å². The molecule has 0 aliphatic carbocycles. The van der Waals surface area contributed by atoms with Gasteiger partial charge in [-0.15, -0.1) is 11.3 Å². The predicted octanol–water partition coefficient (Wildman–Crippen LogP) is 0.858. The van der Waals surface area contributed by atoms with Crippen LogP contribution in [0, 0.1) is 0 Å². The van der Waals surface area contributed by atoms with Gasteiger partial charge in [0.2, 0.25) is 5.13 Å². The number of nitrogens with two attached hydrogens (primary N) is 2. The van der Waals surface area contributed by atoms with Crippen molar-refractivity contribution in [2.45, 2.75) is 6.54 Å². The van der Waals surface area contributed by atoms with Crippen molar-refractivity contribution in [3.05, 3.63) is 21.5 Å². The van der Waals surface area contributed by atoms with Gasteiger partial charge in [-0.1, -0.05) is 5.11 Å². The van der Waals surface area contributed by atoms with Gasteiger partial charge < -0.3 is 11.5 Å². The lowest BCUT2D eigenvalue weighted by atomic mass is 10.5. The lowest BCUT2D eigenvalue weighted by Gasteiger charge is -1.86. The van der Waals surface area contributed by atoms with E-state index in [0.717, 1.165) is 0 Å². The Morgan fingerprint density at radius 2 is 2.46 bits per heavy atom. The van der Waals surface area contributed by atoms with Crippen LogP contribution in [0.25, 0.3) is 10.4 Å². The van der Waals surface area contributed by atoms with E-state index in [2.05, 4.69) is 20.0 Å². The summed E-state index contributed by atoms with van der Waals surface area (Å²) in [5, 5.41) is 5.54. The molecule has 7 nitrogen and oxygen atoms in total. The number of azide groups is 1. The van der Waals surface area contributed by atoms with Crippen LogP contribution in [0.5, 0.6) is 0 Å². The van der Waals surface area contributed by atoms with Crippen LogP contribution in [-0.2, 0) is 6.54 Å². The molecule has 0 amide bonds. The van der Waals surface area contributed by atoms with Crippen molar-refractivity contribution in [3.63, 3.8) is 0 Å². The highest BCUT2D eigenvalue weighted by atomic mass is 32.1. The van der Waals surface area contributed by atoms with Gasteiger partial charge in [0.05, 0.1) is 12.2 Å². The molecule has 1 heterocycles. The highest BCUT2D eigenvalue weighted by Gasteiger charge is 1.98. The van der Waals surface area contributed by atoms with Crippen molar-refractivity contribution in [3.8, 4) is 0 Å². The number of thiazole rings is 1. The zero-order valence-electron chi connectivity index (χ0n) is 6.58. The second-order valence-corrected chi connectivity index (χ2v) is 2.88. The fourth-order valence-corrected chi connectivity index (χ4v) is 1.33. The minimum absolute atomic E-state index is 0.0373. The van der Waals surface area contributed by atoms with Crippen LogP contribution in [0.3, 0.4) is 0 Å². The van der Waals surface area contributed by atoms with E-state index in [4.69, 9.17) is 17.0 Å². The third-order valence-electron chi connectivity index (χ3n) is 1.06. The Bertz CT molecular complexity index is 357. The molecule has 0 unspecified atom stereocenters. The summed E-state index contributed by atoms with van der Waals surface area (Å²) in [6.45, 7) is 0.215. The van der Waals surface area contributed by atoms with E-state index in [9.17, 15) is 0 Å². The summed E-state index contributed by atoms with van der Waals surface area (Å²) in [7, 11) is 0. The number of hydrogen-bond donors (Lipinski definition) is 2. The summed E-state index contributed by atoms with van der Waals surface area (Å²) in [4.78, 5) is 10.3. The molecule has 0 saturated heterocycles. The second-order valence-electron chi connectivity index (χ2n) is 2.05. The predicted molar refractivity (Wildman–Crippen MR) is 50.4 cm³/mol. The highest BCUT2D eigenvalue weighted by Crippen LogP contribution is 2.18. The maximum Gasteiger partial charge on any atom is 0.212 e. The van der Waals surface area contributed by atoms with Crippen LogP contribution in [-0.4, -0.2) is 10.9 Å². The van der Waals surface area contributed by atoms with Crippen molar-refractivity contribution in [2.24, 2.45) is 21.6 Å². The monoisotopic (exact) mass is 197 g/mol. The molecule has 1 aromatic heterocycles. The van der Waals surface area contributed by atoms with Gasteiger partial charge in [0.25, 0.3) is 0 Å². The second kappa shape index (κ2) is 4.29.